The lowest BCUT2D eigenvalue weighted by atomic mass is 10.1. The number of ether oxygens (including phenoxy) is 1. The molecule has 0 aliphatic carbocycles. The van der Waals surface area contributed by atoms with E-state index in [0.717, 1.165) is 10.6 Å². The maximum absolute atomic E-state index is 13.5. The number of benzene rings is 3. The second kappa shape index (κ2) is 10.9. The first-order valence-corrected chi connectivity index (χ1v) is 14.3. The van der Waals surface area contributed by atoms with E-state index in [1.807, 2.05) is 0 Å². The predicted molar refractivity (Wildman–Crippen MR) is 135 cm³/mol. The molecule has 3 aromatic rings. The molecule has 0 saturated heterocycles. The number of sulfonamides is 1. The minimum atomic E-state index is -4.09. The van der Waals surface area contributed by atoms with Gasteiger partial charge in [-0.3, -0.25) is 9.10 Å². The third kappa shape index (κ3) is 6.40. The fourth-order valence-corrected chi connectivity index (χ4v) is 5.55. The summed E-state index contributed by atoms with van der Waals surface area (Å²) in [6, 6.07) is 20.2. The molecule has 1 atom stereocenters. The van der Waals surface area contributed by atoms with E-state index < -0.39 is 38.4 Å². The Bertz CT molecular complexity index is 1370. The molecule has 0 heterocycles. The van der Waals surface area contributed by atoms with Gasteiger partial charge in [0.05, 0.1) is 28.1 Å². The van der Waals surface area contributed by atoms with Crippen LogP contribution in [-0.2, 0) is 24.7 Å². The largest absolute Gasteiger partial charge is 0.492 e. The van der Waals surface area contributed by atoms with Gasteiger partial charge in [-0.25, -0.2) is 16.8 Å². The molecule has 1 amide bonds. The van der Waals surface area contributed by atoms with Crippen LogP contribution in [0.4, 0.5) is 5.69 Å². The van der Waals surface area contributed by atoms with Gasteiger partial charge in [0.2, 0.25) is 5.91 Å². The van der Waals surface area contributed by atoms with Crippen LogP contribution < -0.4 is 14.4 Å². The third-order valence-corrected chi connectivity index (χ3v) is 8.14. The standard InChI is InChI=1S/C25H28N2O6S2/c1-4-33-24-13-9-8-12-23(24)27(35(31,32)22-10-6-5-7-11-22)18-25(28)26-19(2)20-14-16-21(17-15-20)34(3,29)30/h5-17,19H,4,18H2,1-3H3,(H,26,28)/t19-/m1/s1. The Kier molecular flexibility index (Phi) is 8.18. The Morgan fingerprint density at radius 1 is 0.886 bits per heavy atom. The molecular formula is C25H28N2O6S2. The van der Waals surface area contributed by atoms with Crippen LogP contribution in [-0.4, -0.2) is 42.2 Å². The molecule has 0 spiro atoms. The van der Waals surface area contributed by atoms with E-state index in [0.29, 0.717) is 17.9 Å². The van der Waals surface area contributed by atoms with Crippen LogP contribution in [0.15, 0.2) is 88.7 Å². The highest BCUT2D eigenvalue weighted by Crippen LogP contribution is 2.32. The van der Waals surface area contributed by atoms with Crippen LogP contribution in [0.25, 0.3) is 0 Å². The number of nitrogens with zero attached hydrogens (tertiary/aromatic N) is 1. The molecule has 186 valence electrons. The van der Waals surface area contributed by atoms with E-state index in [-0.39, 0.29) is 15.5 Å². The summed E-state index contributed by atoms with van der Waals surface area (Å²) in [5.74, 6) is -0.192. The minimum absolute atomic E-state index is 0.0449. The Labute approximate surface area is 206 Å². The maximum Gasteiger partial charge on any atom is 0.264 e. The average Bonchev–Trinajstić information content (AvgIpc) is 2.83. The number of para-hydroxylation sites is 2. The number of hydrogen-bond acceptors (Lipinski definition) is 6. The normalized spacial score (nSPS) is 12.5. The van der Waals surface area contributed by atoms with E-state index in [2.05, 4.69) is 5.32 Å². The van der Waals surface area contributed by atoms with E-state index in [1.165, 1.54) is 24.3 Å². The highest BCUT2D eigenvalue weighted by molar-refractivity contribution is 7.93. The van der Waals surface area contributed by atoms with Gasteiger partial charge >= 0.3 is 0 Å². The topological polar surface area (TPSA) is 110 Å². The first kappa shape index (κ1) is 26.2. The predicted octanol–water partition coefficient (Wildman–Crippen LogP) is 3.56. The van der Waals surface area contributed by atoms with Gasteiger partial charge in [-0.05, 0) is 55.8 Å². The van der Waals surface area contributed by atoms with Crippen molar-refractivity contribution in [2.24, 2.45) is 0 Å². The smallest absolute Gasteiger partial charge is 0.264 e. The fourth-order valence-electron chi connectivity index (χ4n) is 3.46. The summed E-state index contributed by atoms with van der Waals surface area (Å²) >= 11 is 0. The lowest BCUT2D eigenvalue weighted by molar-refractivity contribution is -0.120. The van der Waals surface area contributed by atoms with Gasteiger partial charge in [0.1, 0.15) is 12.3 Å². The molecule has 35 heavy (non-hydrogen) atoms. The number of sulfone groups is 1. The lowest BCUT2D eigenvalue weighted by Gasteiger charge is -2.26. The Morgan fingerprint density at radius 3 is 2.09 bits per heavy atom. The van der Waals surface area contributed by atoms with Crippen LogP contribution in [0.5, 0.6) is 5.75 Å². The monoisotopic (exact) mass is 516 g/mol. The molecule has 0 aliphatic heterocycles. The summed E-state index contributed by atoms with van der Waals surface area (Å²) in [7, 11) is -7.43. The number of anilines is 1. The molecule has 0 saturated carbocycles. The zero-order valence-electron chi connectivity index (χ0n) is 19.7. The second-order valence-electron chi connectivity index (χ2n) is 7.86. The molecule has 8 nitrogen and oxygen atoms in total. The molecule has 0 fully saturated rings. The molecular weight excluding hydrogens is 488 g/mol. The quantitative estimate of drug-likeness (QED) is 0.441. The molecule has 1 N–H and O–H groups in total. The van der Waals surface area contributed by atoms with E-state index in [4.69, 9.17) is 4.74 Å². The number of rotatable bonds is 10. The summed E-state index contributed by atoms with van der Waals surface area (Å²) in [6.07, 6.45) is 1.12. The molecule has 0 unspecified atom stereocenters. The van der Waals surface area contributed by atoms with Gasteiger partial charge in [-0.2, -0.15) is 0 Å². The van der Waals surface area contributed by atoms with E-state index >= 15 is 0 Å². The number of hydrogen-bond donors (Lipinski definition) is 1. The summed E-state index contributed by atoms with van der Waals surface area (Å²) in [5.41, 5.74) is 0.927. The van der Waals surface area contributed by atoms with Crippen molar-refractivity contribution in [1.82, 2.24) is 5.32 Å². The minimum Gasteiger partial charge on any atom is -0.492 e. The van der Waals surface area contributed by atoms with Crippen molar-refractivity contribution in [3.05, 3.63) is 84.4 Å². The summed E-state index contributed by atoms with van der Waals surface area (Å²) < 4.78 is 57.1. The number of nitrogens with one attached hydrogen (secondary N) is 1. The summed E-state index contributed by atoms with van der Waals surface area (Å²) in [6.45, 7) is 3.36. The summed E-state index contributed by atoms with van der Waals surface area (Å²) in [5, 5.41) is 2.79. The van der Waals surface area contributed by atoms with Crippen molar-refractivity contribution >= 4 is 31.5 Å². The van der Waals surface area contributed by atoms with Crippen LogP contribution in [0.2, 0.25) is 0 Å². The van der Waals surface area contributed by atoms with Crippen LogP contribution >= 0.6 is 0 Å². The molecule has 10 heteroatoms. The van der Waals surface area contributed by atoms with Crippen LogP contribution in [0.3, 0.4) is 0 Å². The van der Waals surface area contributed by atoms with Gasteiger partial charge in [-0.1, -0.05) is 42.5 Å². The van der Waals surface area contributed by atoms with Crippen LogP contribution in [0.1, 0.15) is 25.5 Å². The maximum atomic E-state index is 13.5. The van der Waals surface area contributed by atoms with Gasteiger partial charge in [-0.15, -0.1) is 0 Å². The van der Waals surface area contributed by atoms with E-state index in [9.17, 15) is 21.6 Å². The Morgan fingerprint density at radius 2 is 1.49 bits per heavy atom. The van der Waals surface area contributed by atoms with Crippen molar-refractivity contribution in [2.45, 2.75) is 29.7 Å². The second-order valence-corrected chi connectivity index (χ2v) is 11.7. The summed E-state index contributed by atoms with van der Waals surface area (Å²) in [4.78, 5) is 13.2. The zero-order chi connectivity index (χ0) is 25.6. The molecule has 0 aromatic heterocycles. The van der Waals surface area contributed by atoms with Crippen molar-refractivity contribution < 1.29 is 26.4 Å². The molecule has 0 radical (unpaired) electrons. The van der Waals surface area contributed by atoms with Gasteiger partial charge in [0.15, 0.2) is 9.84 Å². The van der Waals surface area contributed by atoms with Crippen molar-refractivity contribution in [2.75, 3.05) is 23.7 Å². The van der Waals surface area contributed by atoms with Gasteiger partial charge in [0, 0.05) is 6.26 Å². The number of carbonyl (C=O) groups excluding carboxylic acids is 1. The molecule has 3 aromatic carbocycles. The molecule has 3 rings (SSSR count). The lowest BCUT2D eigenvalue weighted by Crippen LogP contribution is -2.41. The fraction of sp³-hybridized carbons (Fsp3) is 0.240. The van der Waals surface area contributed by atoms with Gasteiger partial charge < -0.3 is 10.1 Å². The Hall–Kier alpha value is -3.37. The Balaban J connectivity index is 1.90. The highest BCUT2D eigenvalue weighted by Gasteiger charge is 2.29. The van der Waals surface area contributed by atoms with Crippen molar-refractivity contribution in [1.29, 1.82) is 0 Å². The zero-order valence-corrected chi connectivity index (χ0v) is 21.3. The molecule has 0 aliphatic rings. The highest BCUT2D eigenvalue weighted by atomic mass is 32.2. The third-order valence-electron chi connectivity index (χ3n) is 5.24. The van der Waals surface area contributed by atoms with Crippen molar-refractivity contribution in [3.8, 4) is 5.75 Å². The average molecular weight is 517 g/mol. The van der Waals surface area contributed by atoms with E-state index in [1.54, 1.807) is 68.4 Å². The SMILES string of the molecule is CCOc1ccccc1N(CC(=O)N[C@H](C)c1ccc(S(C)(=O)=O)cc1)S(=O)(=O)c1ccccc1. The number of amides is 1. The number of carbonyl (C=O) groups is 1. The molecule has 0 bridgehead atoms. The first-order chi connectivity index (χ1) is 16.5. The van der Waals surface area contributed by atoms with Crippen molar-refractivity contribution in [3.63, 3.8) is 0 Å². The first-order valence-electron chi connectivity index (χ1n) is 10.9. The van der Waals surface area contributed by atoms with Gasteiger partial charge in [0.25, 0.3) is 10.0 Å². The van der Waals surface area contributed by atoms with Crippen LogP contribution in [0, 0.1) is 0 Å².